The maximum absolute atomic E-state index is 13.5. The molecule has 0 aromatic rings. The summed E-state index contributed by atoms with van der Waals surface area (Å²) < 4.78 is 34.5. The second-order valence-electron chi connectivity index (χ2n) is 31.7. The van der Waals surface area contributed by atoms with Crippen molar-refractivity contribution < 1.29 is 89.4 Å². The molecule has 17 unspecified atom stereocenters. The Morgan fingerprint density at radius 2 is 0.614 bits per heavy atom. The third-order valence-corrected chi connectivity index (χ3v) is 21.7. The molecule has 0 saturated carbocycles. The number of carbonyl (C=O) groups excluding carboxylic acids is 1. The van der Waals surface area contributed by atoms with Crippen LogP contribution in [0.2, 0.25) is 0 Å². The lowest BCUT2D eigenvalue weighted by Crippen LogP contribution is -2.66. The minimum Gasteiger partial charge on any atom is -0.394 e. The van der Waals surface area contributed by atoms with Crippen molar-refractivity contribution in [2.45, 2.75) is 433 Å². The second-order valence-corrected chi connectivity index (χ2v) is 31.7. The van der Waals surface area contributed by atoms with E-state index >= 15 is 0 Å². The van der Waals surface area contributed by atoms with Gasteiger partial charge >= 0.3 is 0 Å². The minimum atomic E-state index is -1.99. The van der Waals surface area contributed by atoms with E-state index in [0.717, 1.165) is 109 Å². The van der Waals surface area contributed by atoms with E-state index in [1.54, 1.807) is 6.08 Å². The highest BCUT2D eigenvalue weighted by Crippen LogP contribution is 2.33. The summed E-state index contributed by atoms with van der Waals surface area (Å²) in [6.07, 6.45) is 78.8. The maximum Gasteiger partial charge on any atom is 0.220 e. The smallest absolute Gasteiger partial charge is 0.220 e. The fourth-order valence-corrected chi connectivity index (χ4v) is 14.5. The van der Waals surface area contributed by atoms with Crippen LogP contribution in [0.4, 0.5) is 0 Å². The van der Waals surface area contributed by atoms with E-state index in [2.05, 4.69) is 141 Å². The summed E-state index contributed by atoms with van der Waals surface area (Å²) in [7, 11) is 0. The zero-order valence-corrected chi connectivity index (χ0v) is 70.8. The topological polar surface area (TPSA) is 307 Å². The molecule has 3 rings (SSSR count). The monoisotopic (exact) mass is 1610 g/mol. The molecule has 1 amide bonds. The van der Waals surface area contributed by atoms with Crippen molar-refractivity contribution in [3.63, 3.8) is 0 Å². The van der Waals surface area contributed by atoms with Gasteiger partial charge in [0, 0.05) is 6.42 Å². The molecule has 3 aliphatic rings. The largest absolute Gasteiger partial charge is 0.394 e. The van der Waals surface area contributed by atoms with Crippen molar-refractivity contribution in [3.05, 3.63) is 134 Å². The number of aliphatic hydroxyl groups is 11. The molecule has 0 aromatic carbocycles. The summed E-state index contributed by atoms with van der Waals surface area (Å²) in [5.41, 5.74) is 0. The number of nitrogens with one attached hydrogen (secondary N) is 1. The Hall–Kier alpha value is -4.07. The van der Waals surface area contributed by atoms with Crippen molar-refractivity contribution in [1.29, 1.82) is 0 Å². The number of allylic oxidation sites excluding steroid dienone is 21. The molecule has 0 aromatic heterocycles. The molecule has 656 valence electrons. The summed E-state index contributed by atoms with van der Waals surface area (Å²) in [5.74, 6) is -0.292. The van der Waals surface area contributed by atoms with Crippen LogP contribution in [0.1, 0.15) is 328 Å². The van der Waals surface area contributed by atoms with E-state index in [9.17, 15) is 61.0 Å². The predicted molar refractivity (Wildman–Crippen MR) is 461 cm³/mol. The maximum atomic E-state index is 13.5. The number of rotatable bonds is 72. The molecule has 0 radical (unpaired) electrons. The van der Waals surface area contributed by atoms with E-state index in [1.807, 2.05) is 6.08 Å². The predicted octanol–water partition coefficient (Wildman–Crippen LogP) is 17.6. The molecule has 3 heterocycles. The zero-order chi connectivity index (χ0) is 82.4. The Labute approximate surface area is 690 Å². The molecular weight excluding hydrogens is 1440 g/mol. The normalized spacial score (nSPS) is 25.4. The van der Waals surface area contributed by atoms with E-state index in [1.165, 1.54) is 186 Å². The van der Waals surface area contributed by atoms with Crippen LogP contribution in [0, 0.1) is 0 Å². The number of carbonyl (C=O) groups is 1. The number of aliphatic hydroxyl groups excluding tert-OH is 11. The van der Waals surface area contributed by atoms with Gasteiger partial charge in [-0.05, 0) is 109 Å². The van der Waals surface area contributed by atoms with Crippen LogP contribution >= 0.6 is 0 Å². The molecule has 3 fully saturated rings. The van der Waals surface area contributed by atoms with Gasteiger partial charge in [0.15, 0.2) is 18.9 Å². The van der Waals surface area contributed by atoms with Gasteiger partial charge in [0.1, 0.15) is 73.2 Å². The molecule has 0 bridgehead atoms. The number of hydrogen-bond donors (Lipinski definition) is 12. The number of hydrogen-bond acceptors (Lipinski definition) is 18. The highest BCUT2D eigenvalue weighted by atomic mass is 16.8. The molecule has 114 heavy (non-hydrogen) atoms. The van der Waals surface area contributed by atoms with Gasteiger partial charge in [-0.1, -0.05) is 347 Å². The van der Waals surface area contributed by atoms with Crippen LogP contribution in [-0.2, 0) is 33.2 Å². The van der Waals surface area contributed by atoms with Crippen LogP contribution in [0.15, 0.2) is 134 Å². The fraction of sp³-hybridized carbons (Fsp3) is 0.758. The Balaban J connectivity index is 1.34. The molecule has 19 heteroatoms. The van der Waals surface area contributed by atoms with E-state index < -0.39 is 124 Å². The van der Waals surface area contributed by atoms with Crippen LogP contribution in [0.3, 0.4) is 0 Å². The number of unbranched alkanes of at least 4 members (excludes halogenated alkanes) is 36. The first kappa shape index (κ1) is 104. The third kappa shape index (κ3) is 50.8. The lowest BCUT2D eigenvalue weighted by Gasteiger charge is -2.48. The van der Waals surface area contributed by atoms with Gasteiger partial charge in [-0.25, -0.2) is 0 Å². The van der Waals surface area contributed by atoms with Crippen LogP contribution in [0.25, 0.3) is 0 Å². The van der Waals surface area contributed by atoms with Crippen molar-refractivity contribution in [1.82, 2.24) is 5.32 Å². The third-order valence-electron chi connectivity index (χ3n) is 21.7. The summed E-state index contributed by atoms with van der Waals surface area (Å²) >= 11 is 0. The van der Waals surface area contributed by atoms with Crippen molar-refractivity contribution >= 4 is 5.91 Å². The Bertz CT molecular complexity index is 2580. The Morgan fingerprint density at radius 3 is 0.982 bits per heavy atom. The van der Waals surface area contributed by atoms with Gasteiger partial charge in [0.25, 0.3) is 0 Å². The van der Waals surface area contributed by atoms with Gasteiger partial charge in [0.2, 0.25) is 5.91 Å². The summed E-state index contributed by atoms with van der Waals surface area (Å²) in [5, 5.41) is 121. The fourth-order valence-electron chi connectivity index (χ4n) is 14.5. The first-order valence-corrected chi connectivity index (χ1v) is 45.4. The lowest BCUT2D eigenvalue weighted by molar-refractivity contribution is -0.379. The van der Waals surface area contributed by atoms with E-state index in [4.69, 9.17) is 28.4 Å². The second kappa shape index (κ2) is 72.9. The van der Waals surface area contributed by atoms with Crippen molar-refractivity contribution in [2.75, 3.05) is 26.4 Å². The number of ether oxygens (including phenoxy) is 6. The SMILES string of the molecule is CC/C=C\C/C=C\C/C=C\C/C=C\C/C=C\C/C=C\C/C=C\C/C=C\CCCCCCCCCCCCCCCCC(=O)NC(COC1OC(CO)C(OC2OC(CO)C(OC3OC(CO)C(O)C(O)C3O)C(O)C2O)C(O)C1O)C(O)/C=C/CC/C=C/CC/C=C/CCCCCCCCCCCCCCCCCCCCCC. The molecule has 3 aliphatic heterocycles. The van der Waals surface area contributed by atoms with Gasteiger partial charge < -0.3 is 89.9 Å². The molecule has 19 nitrogen and oxygen atoms in total. The molecule has 3 saturated heterocycles. The Kier molecular flexibility index (Phi) is 66.6. The summed E-state index contributed by atoms with van der Waals surface area (Å²) in [6, 6.07) is -1.01. The highest BCUT2D eigenvalue weighted by molar-refractivity contribution is 5.76. The first-order chi connectivity index (χ1) is 55.8. The lowest BCUT2D eigenvalue weighted by atomic mass is 9.96. The van der Waals surface area contributed by atoms with Gasteiger partial charge in [-0.2, -0.15) is 0 Å². The molecular formula is C95H163NO18. The zero-order valence-electron chi connectivity index (χ0n) is 70.8. The molecule has 0 spiro atoms. The van der Waals surface area contributed by atoms with Crippen LogP contribution in [0.5, 0.6) is 0 Å². The summed E-state index contributed by atoms with van der Waals surface area (Å²) in [6.45, 7) is 1.62. The average molecular weight is 1610 g/mol. The van der Waals surface area contributed by atoms with Gasteiger partial charge in [-0.3, -0.25) is 4.79 Å². The highest BCUT2D eigenvalue weighted by Gasteiger charge is 2.54. The molecule has 17 atom stereocenters. The van der Waals surface area contributed by atoms with Crippen molar-refractivity contribution in [3.8, 4) is 0 Å². The van der Waals surface area contributed by atoms with E-state index in [-0.39, 0.29) is 18.9 Å². The number of amides is 1. The van der Waals surface area contributed by atoms with E-state index in [0.29, 0.717) is 12.8 Å². The standard InChI is InChI=1S/C95H163NO18/c1-3-5-7-9-11-13-15-17-19-21-23-25-27-29-31-33-35-36-37-38-39-40-41-42-43-45-47-49-51-53-55-57-59-61-63-65-67-69-71-73-83(101)96-78(79(100)72-70-68-66-64-62-60-58-56-54-52-50-48-46-44-34-32-30-28-26-24-22-20-18-16-14-12-10-8-6-4-2)77-109-93-89(107)86(104)91(81(75-98)111-93)114-95-90(108)87(105)92(82(76-99)112-95)113-94-88(106)85(103)84(102)80(74-97)110-94/h5,7,11,13,17,19,23,25,29,31,35-36,38-39,41-42,54,56,62,64,70,72,78-82,84-95,97-100,102-108H,3-4,6,8-10,12,14-16,18,20-22,24,26-28,30,32-34,37,40,43-53,55,57-61,63,65-69,71,73-77H2,1-2H3,(H,96,101)/b7-5-,13-11-,19-17-,25-23-,31-29-,36-35-,39-38-,42-41-,56-54+,64-62+,72-70+. The quantitative estimate of drug-likeness (QED) is 0.0199. The van der Waals surface area contributed by atoms with Gasteiger partial charge in [0.05, 0.1) is 38.6 Å². The van der Waals surface area contributed by atoms with Crippen LogP contribution < -0.4 is 5.32 Å². The van der Waals surface area contributed by atoms with Crippen LogP contribution in [-0.4, -0.2) is 193 Å². The summed E-state index contributed by atoms with van der Waals surface area (Å²) in [4.78, 5) is 13.5. The average Bonchev–Trinajstić information content (AvgIpc) is 0.783. The van der Waals surface area contributed by atoms with Crippen molar-refractivity contribution in [2.24, 2.45) is 0 Å². The minimum absolute atomic E-state index is 0.224. The molecule has 12 N–H and O–H groups in total. The molecule has 0 aliphatic carbocycles. The first-order valence-electron chi connectivity index (χ1n) is 45.4. The van der Waals surface area contributed by atoms with Gasteiger partial charge in [-0.15, -0.1) is 0 Å². The Morgan fingerprint density at radius 1 is 0.325 bits per heavy atom.